The minimum absolute atomic E-state index is 0.0296. The molecule has 0 saturated carbocycles. The molecule has 1 atom stereocenters. The summed E-state index contributed by atoms with van der Waals surface area (Å²) < 4.78 is 37.6. The summed E-state index contributed by atoms with van der Waals surface area (Å²) in [7, 11) is -0.996. The second-order valence-electron chi connectivity index (χ2n) is 6.98. The predicted molar refractivity (Wildman–Crippen MR) is 121 cm³/mol. The summed E-state index contributed by atoms with van der Waals surface area (Å²) in [5, 5.41) is 0. The van der Waals surface area contributed by atoms with Crippen molar-refractivity contribution in [1.29, 1.82) is 0 Å². The van der Waals surface area contributed by atoms with Crippen LogP contribution in [0.2, 0.25) is 0 Å². The second kappa shape index (κ2) is 9.65. The fourth-order valence-electron chi connectivity index (χ4n) is 2.99. The molecular formula is C24H23NO6S. The minimum atomic E-state index is -3.94. The first-order valence-corrected chi connectivity index (χ1v) is 11.2. The Morgan fingerprint density at radius 2 is 1.50 bits per heavy atom. The molecule has 3 aromatic rings. The molecule has 0 N–H and O–H groups in total. The van der Waals surface area contributed by atoms with E-state index < -0.39 is 22.1 Å². The van der Waals surface area contributed by atoms with Gasteiger partial charge in [0.1, 0.15) is 5.75 Å². The van der Waals surface area contributed by atoms with Gasteiger partial charge in [-0.1, -0.05) is 36.4 Å². The van der Waals surface area contributed by atoms with Crippen molar-refractivity contribution in [2.45, 2.75) is 17.9 Å². The predicted octanol–water partition coefficient (Wildman–Crippen LogP) is 3.95. The molecule has 3 aromatic carbocycles. The van der Waals surface area contributed by atoms with Crippen molar-refractivity contribution in [3.8, 4) is 5.75 Å². The van der Waals surface area contributed by atoms with Crippen LogP contribution >= 0.6 is 0 Å². The monoisotopic (exact) mass is 453 g/mol. The van der Waals surface area contributed by atoms with Gasteiger partial charge < -0.3 is 9.47 Å². The van der Waals surface area contributed by atoms with Crippen LogP contribution in [0.25, 0.3) is 0 Å². The van der Waals surface area contributed by atoms with E-state index in [0.29, 0.717) is 17.0 Å². The maximum Gasteiger partial charge on any atom is 0.338 e. The average Bonchev–Trinajstić information content (AvgIpc) is 2.83. The first-order valence-electron chi connectivity index (χ1n) is 9.77. The van der Waals surface area contributed by atoms with Gasteiger partial charge in [0, 0.05) is 12.6 Å². The first kappa shape index (κ1) is 23.0. The average molecular weight is 454 g/mol. The molecular weight excluding hydrogens is 430 g/mol. The van der Waals surface area contributed by atoms with Crippen LogP contribution < -0.4 is 9.04 Å². The van der Waals surface area contributed by atoms with E-state index >= 15 is 0 Å². The van der Waals surface area contributed by atoms with Gasteiger partial charge >= 0.3 is 5.97 Å². The van der Waals surface area contributed by atoms with Gasteiger partial charge in [0.15, 0.2) is 6.10 Å². The number of esters is 1. The first-order chi connectivity index (χ1) is 15.2. The third-order valence-electron chi connectivity index (χ3n) is 4.88. The number of methoxy groups -OCH3 is 1. The van der Waals surface area contributed by atoms with Crippen molar-refractivity contribution in [3.05, 3.63) is 90.0 Å². The normalized spacial score (nSPS) is 12.0. The number of hydrogen-bond acceptors (Lipinski definition) is 6. The van der Waals surface area contributed by atoms with Gasteiger partial charge in [-0.3, -0.25) is 9.10 Å². The molecule has 0 aliphatic rings. The Balaban J connectivity index is 1.78. The zero-order valence-corrected chi connectivity index (χ0v) is 18.7. The zero-order chi connectivity index (χ0) is 23.3. The van der Waals surface area contributed by atoms with Gasteiger partial charge in [0.25, 0.3) is 10.0 Å². The molecule has 0 saturated heterocycles. The van der Waals surface area contributed by atoms with E-state index in [1.54, 1.807) is 54.6 Å². The van der Waals surface area contributed by atoms with E-state index in [1.165, 1.54) is 45.3 Å². The maximum atomic E-state index is 13.1. The lowest BCUT2D eigenvalue weighted by molar-refractivity contribution is 0.0318. The number of benzene rings is 3. The fraction of sp³-hybridized carbons (Fsp3) is 0.167. The van der Waals surface area contributed by atoms with Crippen LogP contribution in [0, 0.1) is 0 Å². The Kier molecular flexibility index (Phi) is 6.95. The molecule has 0 bridgehead atoms. The standard InChI is InChI=1S/C24H23NO6S/c1-17(23(26)18-8-5-4-6-9-18)31-24(27)19-10-7-11-22(16-19)32(28,29)25(2)20-12-14-21(30-3)15-13-20/h4-17H,1-3H3/t17-/m1/s1. The summed E-state index contributed by atoms with van der Waals surface area (Å²) in [6, 6.07) is 20.5. The Morgan fingerprint density at radius 1 is 0.875 bits per heavy atom. The van der Waals surface area contributed by atoms with Gasteiger partial charge in [-0.05, 0) is 49.4 Å². The smallest absolute Gasteiger partial charge is 0.338 e. The number of sulfonamides is 1. The highest BCUT2D eigenvalue weighted by atomic mass is 32.2. The Morgan fingerprint density at radius 3 is 2.12 bits per heavy atom. The van der Waals surface area contributed by atoms with Gasteiger partial charge in [0.2, 0.25) is 5.78 Å². The van der Waals surface area contributed by atoms with Crippen LogP contribution in [0.1, 0.15) is 27.6 Å². The number of nitrogens with zero attached hydrogens (tertiary/aromatic N) is 1. The maximum absolute atomic E-state index is 13.1. The Bertz CT molecular complexity index is 1210. The number of carbonyl (C=O) groups is 2. The lowest BCUT2D eigenvalue weighted by Crippen LogP contribution is -2.27. The van der Waals surface area contributed by atoms with Crippen LogP contribution in [0.3, 0.4) is 0 Å². The quantitative estimate of drug-likeness (QED) is 0.379. The highest BCUT2D eigenvalue weighted by Crippen LogP contribution is 2.25. The Labute approximate surface area is 187 Å². The molecule has 0 heterocycles. The minimum Gasteiger partial charge on any atom is -0.497 e. The lowest BCUT2D eigenvalue weighted by Gasteiger charge is -2.20. The number of Topliss-reactive ketones (excluding diaryl/α,β-unsaturated/α-hetero) is 1. The van der Waals surface area contributed by atoms with Crippen LogP contribution in [0.5, 0.6) is 5.75 Å². The summed E-state index contributed by atoms with van der Waals surface area (Å²) in [6.45, 7) is 1.48. The SMILES string of the molecule is COc1ccc(N(C)S(=O)(=O)c2cccc(C(=O)O[C@H](C)C(=O)c3ccccc3)c2)cc1. The third kappa shape index (κ3) is 4.97. The number of rotatable bonds is 8. The summed E-state index contributed by atoms with van der Waals surface area (Å²) in [5.41, 5.74) is 0.882. The number of ether oxygens (including phenoxy) is 2. The van der Waals surface area contributed by atoms with E-state index in [0.717, 1.165) is 4.31 Å². The largest absolute Gasteiger partial charge is 0.497 e. The zero-order valence-electron chi connectivity index (χ0n) is 17.9. The summed E-state index contributed by atoms with van der Waals surface area (Å²) in [6.07, 6.45) is -1.02. The van der Waals surface area contributed by atoms with Crippen LogP contribution in [-0.2, 0) is 14.8 Å². The van der Waals surface area contributed by atoms with E-state index in [9.17, 15) is 18.0 Å². The second-order valence-corrected chi connectivity index (χ2v) is 8.95. The molecule has 0 amide bonds. The van der Waals surface area contributed by atoms with E-state index in [4.69, 9.17) is 9.47 Å². The topological polar surface area (TPSA) is 90.0 Å². The molecule has 0 radical (unpaired) electrons. The molecule has 0 aromatic heterocycles. The summed E-state index contributed by atoms with van der Waals surface area (Å²) >= 11 is 0. The van der Waals surface area contributed by atoms with Gasteiger partial charge in [0.05, 0.1) is 23.3 Å². The van der Waals surface area contributed by atoms with Crippen LogP contribution in [0.4, 0.5) is 5.69 Å². The van der Waals surface area contributed by atoms with E-state index in [-0.39, 0.29) is 16.2 Å². The number of carbonyl (C=O) groups excluding carboxylic acids is 2. The molecule has 0 aliphatic carbocycles. The molecule has 8 heteroatoms. The van der Waals surface area contributed by atoms with Crippen molar-refractivity contribution < 1.29 is 27.5 Å². The number of anilines is 1. The van der Waals surface area contributed by atoms with E-state index in [1.807, 2.05) is 0 Å². The molecule has 32 heavy (non-hydrogen) atoms. The molecule has 3 rings (SSSR count). The highest BCUT2D eigenvalue weighted by Gasteiger charge is 2.24. The van der Waals surface area contributed by atoms with E-state index in [2.05, 4.69) is 0 Å². The lowest BCUT2D eigenvalue weighted by atomic mass is 10.1. The molecule has 0 unspecified atom stereocenters. The summed E-state index contributed by atoms with van der Waals surface area (Å²) in [4.78, 5) is 24.9. The molecule has 0 fully saturated rings. The molecule has 0 aliphatic heterocycles. The molecule has 166 valence electrons. The number of ketones is 1. The molecule has 7 nitrogen and oxygen atoms in total. The molecule has 0 spiro atoms. The van der Waals surface area contributed by atoms with Crippen molar-refractivity contribution in [2.75, 3.05) is 18.5 Å². The van der Waals surface area contributed by atoms with Gasteiger partial charge in [-0.2, -0.15) is 0 Å². The fourth-order valence-corrected chi connectivity index (χ4v) is 4.23. The number of hydrogen-bond donors (Lipinski definition) is 0. The van der Waals surface area contributed by atoms with Crippen molar-refractivity contribution >= 4 is 27.5 Å². The van der Waals surface area contributed by atoms with Crippen LogP contribution in [0.15, 0.2) is 83.8 Å². The van der Waals surface area contributed by atoms with Gasteiger partial charge in [-0.25, -0.2) is 13.2 Å². The highest BCUT2D eigenvalue weighted by molar-refractivity contribution is 7.92. The third-order valence-corrected chi connectivity index (χ3v) is 6.66. The van der Waals surface area contributed by atoms with Crippen molar-refractivity contribution in [1.82, 2.24) is 0 Å². The Hall–Kier alpha value is -3.65. The van der Waals surface area contributed by atoms with Gasteiger partial charge in [-0.15, -0.1) is 0 Å². The summed E-state index contributed by atoms with van der Waals surface area (Å²) in [5.74, 6) is -0.531. The van der Waals surface area contributed by atoms with Crippen LogP contribution in [-0.4, -0.2) is 40.4 Å². The van der Waals surface area contributed by atoms with Crippen molar-refractivity contribution in [3.63, 3.8) is 0 Å². The van der Waals surface area contributed by atoms with Crippen molar-refractivity contribution in [2.24, 2.45) is 0 Å².